The number of benzene rings is 1. The number of anilines is 1. The van der Waals surface area contributed by atoms with Crippen molar-refractivity contribution in [2.75, 3.05) is 5.32 Å². The van der Waals surface area contributed by atoms with E-state index in [-0.39, 0.29) is 17.1 Å². The number of carboxylic acid groups (broad SMARTS) is 1. The summed E-state index contributed by atoms with van der Waals surface area (Å²) >= 11 is 5.88. The third kappa shape index (κ3) is 6.34. The molecule has 0 bridgehead atoms. The van der Waals surface area contributed by atoms with Crippen LogP contribution < -0.4 is 5.32 Å². The van der Waals surface area contributed by atoms with E-state index in [2.05, 4.69) is 5.32 Å². The van der Waals surface area contributed by atoms with Gasteiger partial charge in [-0.1, -0.05) is 24.6 Å². The van der Waals surface area contributed by atoms with Crippen molar-refractivity contribution < 1.29 is 27.9 Å². The van der Waals surface area contributed by atoms with Gasteiger partial charge in [0.05, 0.1) is 23.0 Å². The number of carboxylic acids is 1. The molecule has 122 valence electrons. The topological polar surface area (TPSA) is 66.4 Å². The molecule has 0 saturated carbocycles. The van der Waals surface area contributed by atoms with E-state index in [9.17, 15) is 22.8 Å². The molecule has 4 nitrogen and oxygen atoms in total. The molecule has 0 spiro atoms. The lowest BCUT2D eigenvalue weighted by atomic mass is 10.0. The Hall–Kier alpha value is -1.76. The molecular formula is C14H15ClF3NO3. The molecule has 0 aliphatic rings. The smallest absolute Gasteiger partial charge is 0.389 e. The van der Waals surface area contributed by atoms with E-state index in [0.29, 0.717) is 5.56 Å². The largest absolute Gasteiger partial charge is 0.481 e. The molecule has 22 heavy (non-hydrogen) atoms. The molecule has 0 aliphatic heterocycles. The Morgan fingerprint density at radius 3 is 2.55 bits per heavy atom. The summed E-state index contributed by atoms with van der Waals surface area (Å²) in [6.45, 7) is 1.53. The second-order valence-electron chi connectivity index (χ2n) is 4.92. The van der Waals surface area contributed by atoms with Crippen LogP contribution in [0.15, 0.2) is 18.2 Å². The molecule has 0 fully saturated rings. The summed E-state index contributed by atoms with van der Waals surface area (Å²) in [5.41, 5.74) is 0.786. The maximum absolute atomic E-state index is 12.1. The molecule has 0 radical (unpaired) electrons. The SMILES string of the molecule is CC(Cc1ccc(Cl)c(NC(=O)CCC(F)(F)F)c1)C(=O)O. The third-order valence-electron chi connectivity index (χ3n) is 2.90. The van der Waals surface area contributed by atoms with Crippen LogP contribution in [-0.4, -0.2) is 23.2 Å². The Bertz CT molecular complexity index is 561. The quantitative estimate of drug-likeness (QED) is 0.827. The number of hydrogen-bond acceptors (Lipinski definition) is 2. The molecule has 2 N–H and O–H groups in total. The van der Waals surface area contributed by atoms with Gasteiger partial charge in [-0.2, -0.15) is 13.2 Å². The number of carbonyl (C=O) groups excluding carboxylic acids is 1. The first kappa shape index (κ1) is 18.3. The van der Waals surface area contributed by atoms with Gasteiger partial charge in [0.1, 0.15) is 0 Å². The standard InChI is InChI=1S/C14H15ClF3NO3/c1-8(13(21)22)6-9-2-3-10(15)11(7-9)19-12(20)4-5-14(16,17)18/h2-3,7-8H,4-6H2,1H3,(H,19,20)(H,21,22). The number of amides is 1. The van der Waals surface area contributed by atoms with Crippen LogP contribution in [0.25, 0.3) is 0 Å². The van der Waals surface area contributed by atoms with E-state index in [1.807, 2.05) is 0 Å². The molecule has 0 aliphatic carbocycles. The number of hydrogen-bond donors (Lipinski definition) is 2. The molecule has 0 aromatic heterocycles. The second kappa shape index (κ2) is 7.49. The van der Waals surface area contributed by atoms with Crippen molar-refractivity contribution >= 4 is 29.2 Å². The number of alkyl halides is 3. The van der Waals surface area contributed by atoms with Crippen molar-refractivity contribution in [1.29, 1.82) is 0 Å². The van der Waals surface area contributed by atoms with Gasteiger partial charge in [0.15, 0.2) is 0 Å². The molecule has 1 unspecified atom stereocenters. The van der Waals surface area contributed by atoms with Crippen LogP contribution in [0.5, 0.6) is 0 Å². The maximum atomic E-state index is 12.1. The summed E-state index contributed by atoms with van der Waals surface area (Å²) in [7, 11) is 0. The van der Waals surface area contributed by atoms with E-state index in [1.54, 1.807) is 6.07 Å². The van der Waals surface area contributed by atoms with Crippen molar-refractivity contribution in [3.8, 4) is 0 Å². The summed E-state index contributed by atoms with van der Waals surface area (Å²) in [4.78, 5) is 22.3. The average Bonchev–Trinajstić information content (AvgIpc) is 2.39. The number of rotatable bonds is 6. The summed E-state index contributed by atoms with van der Waals surface area (Å²) in [5.74, 6) is -2.40. The van der Waals surface area contributed by atoms with Gasteiger partial charge in [-0.15, -0.1) is 0 Å². The zero-order valence-electron chi connectivity index (χ0n) is 11.7. The highest BCUT2D eigenvalue weighted by molar-refractivity contribution is 6.33. The lowest BCUT2D eigenvalue weighted by Crippen LogP contribution is -2.17. The van der Waals surface area contributed by atoms with Gasteiger partial charge in [0, 0.05) is 6.42 Å². The molecule has 1 aromatic rings. The van der Waals surface area contributed by atoms with Gasteiger partial charge in [0.25, 0.3) is 0 Å². The fraction of sp³-hybridized carbons (Fsp3) is 0.429. The van der Waals surface area contributed by atoms with Crippen LogP contribution in [0.3, 0.4) is 0 Å². The molecular weight excluding hydrogens is 323 g/mol. The molecule has 1 atom stereocenters. The maximum Gasteiger partial charge on any atom is 0.389 e. The minimum Gasteiger partial charge on any atom is -0.481 e. The zero-order valence-corrected chi connectivity index (χ0v) is 12.5. The fourth-order valence-corrected chi connectivity index (χ4v) is 1.87. The normalized spacial score (nSPS) is 12.8. The van der Waals surface area contributed by atoms with Gasteiger partial charge in [0.2, 0.25) is 5.91 Å². The van der Waals surface area contributed by atoms with Crippen molar-refractivity contribution in [2.45, 2.75) is 32.4 Å². The lowest BCUT2D eigenvalue weighted by molar-refractivity contribution is -0.142. The third-order valence-corrected chi connectivity index (χ3v) is 3.23. The average molecular weight is 338 g/mol. The minimum atomic E-state index is -4.40. The predicted molar refractivity (Wildman–Crippen MR) is 75.9 cm³/mol. The Morgan fingerprint density at radius 2 is 2.00 bits per heavy atom. The van der Waals surface area contributed by atoms with Crippen LogP contribution >= 0.6 is 11.6 Å². The molecule has 1 rings (SSSR count). The summed E-state index contributed by atoms with van der Waals surface area (Å²) in [6.07, 6.45) is -6.10. The first-order valence-electron chi connectivity index (χ1n) is 6.46. The molecule has 0 saturated heterocycles. The Kier molecular flexibility index (Phi) is 6.22. The van der Waals surface area contributed by atoms with E-state index >= 15 is 0 Å². The van der Waals surface area contributed by atoms with E-state index in [1.165, 1.54) is 19.1 Å². The Balaban J connectivity index is 2.74. The van der Waals surface area contributed by atoms with Gasteiger partial charge in [-0.3, -0.25) is 9.59 Å². The second-order valence-corrected chi connectivity index (χ2v) is 5.33. The van der Waals surface area contributed by atoms with Gasteiger partial charge < -0.3 is 10.4 Å². The fourth-order valence-electron chi connectivity index (χ4n) is 1.70. The van der Waals surface area contributed by atoms with E-state index < -0.39 is 36.8 Å². The van der Waals surface area contributed by atoms with Crippen LogP contribution in [0, 0.1) is 5.92 Å². The minimum absolute atomic E-state index is 0.170. The van der Waals surface area contributed by atoms with E-state index in [0.717, 1.165) is 0 Å². The number of aliphatic carboxylic acids is 1. The number of halogens is 4. The molecule has 0 heterocycles. The first-order chi connectivity index (χ1) is 10.1. The van der Waals surface area contributed by atoms with Crippen molar-refractivity contribution in [2.24, 2.45) is 5.92 Å². The van der Waals surface area contributed by atoms with Crippen molar-refractivity contribution in [3.63, 3.8) is 0 Å². The van der Waals surface area contributed by atoms with Crippen molar-refractivity contribution in [3.05, 3.63) is 28.8 Å². The highest BCUT2D eigenvalue weighted by Gasteiger charge is 2.28. The number of nitrogens with one attached hydrogen (secondary N) is 1. The lowest BCUT2D eigenvalue weighted by Gasteiger charge is -2.12. The molecule has 1 amide bonds. The van der Waals surface area contributed by atoms with Gasteiger partial charge in [-0.25, -0.2) is 0 Å². The predicted octanol–water partition coefficient (Wildman–Crippen LogP) is 3.88. The summed E-state index contributed by atoms with van der Waals surface area (Å²) < 4.78 is 36.2. The van der Waals surface area contributed by atoms with Gasteiger partial charge in [-0.05, 0) is 24.1 Å². The van der Waals surface area contributed by atoms with Crippen LogP contribution in [-0.2, 0) is 16.0 Å². The summed E-state index contributed by atoms with van der Waals surface area (Å²) in [6, 6.07) is 4.53. The first-order valence-corrected chi connectivity index (χ1v) is 6.84. The Labute approximate surface area is 130 Å². The van der Waals surface area contributed by atoms with E-state index in [4.69, 9.17) is 16.7 Å². The van der Waals surface area contributed by atoms with Crippen LogP contribution in [0.4, 0.5) is 18.9 Å². The highest BCUT2D eigenvalue weighted by atomic mass is 35.5. The zero-order chi connectivity index (χ0) is 16.9. The highest BCUT2D eigenvalue weighted by Crippen LogP contribution is 2.26. The summed E-state index contributed by atoms with van der Waals surface area (Å²) in [5, 5.41) is 11.3. The van der Waals surface area contributed by atoms with Crippen LogP contribution in [0.2, 0.25) is 5.02 Å². The van der Waals surface area contributed by atoms with Crippen molar-refractivity contribution in [1.82, 2.24) is 0 Å². The Morgan fingerprint density at radius 1 is 1.36 bits per heavy atom. The molecule has 1 aromatic carbocycles. The number of carbonyl (C=O) groups is 2. The van der Waals surface area contributed by atoms with Gasteiger partial charge >= 0.3 is 12.1 Å². The monoisotopic (exact) mass is 337 g/mol. The van der Waals surface area contributed by atoms with Crippen LogP contribution in [0.1, 0.15) is 25.3 Å². The molecule has 8 heteroatoms.